The number of Topliss-reactive ketones (excluding diaryl/α,β-unsaturated/α-hetero) is 1. The van der Waals surface area contributed by atoms with Gasteiger partial charge in [-0.3, -0.25) is 4.79 Å². The average Bonchev–Trinajstić information content (AvgIpc) is 2.24. The van der Waals surface area contributed by atoms with E-state index in [1.54, 1.807) is 6.07 Å². The van der Waals surface area contributed by atoms with Crippen molar-refractivity contribution in [2.24, 2.45) is 0 Å². The molecule has 1 aromatic rings. The van der Waals surface area contributed by atoms with E-state index in [9.17, 15) is 13.2 Å². The van der Waals surface area contributed by atoms with Crippen LogP contribution in [0.2, 0.25) is 0 Å². The third-order valence-electron chi connectivity index (χ3n) is 2.42. The molecular formula is C10H10O4S. The number of ether oxygens (including phenoxy) is 1. The van der Waals surface area contributed by atoms with Crippen LogP contribution >= 0.6 is 0 Å². The molecule has 1 aromatic carbocycles. The molecule has 5 heteroatoms. The summed E-state index contributed by atoms with van der Waals surface area (Å²) in [6, 6.07) is 4.51. The van der Waals surface area contributed by atoms with E-state index in [1.165, 1.54) is 19.2 Å². The monoisotopic (exact) mass is 226 g/mol. The van der Waals surface area contributed by atoms with Crippen LogP contribution in [0.15, 0.2) is 23.1 Å². The van der Waals surface area contributed by atoms with E-state index >= 15 is 0 Å². The molecule has 0 aliphatic carbocycles. The fourth-order valence-corrected chi connectivity index (χ4v) is 3.08. The number of hydrogen-bond acceptors (Lipinski definition) is 4. The molecule has 0 amide bonds. The number of sulfone groups is 1. The molecule has 2 rings (SSSR count). The molecular weight excluding hydrogens is 216 g/mol. The number of ketones is 1. The second kappa shape index (κ2) is 3.34. The van der Waals surface area contributed by atoms with Gasteiger partial charge in [-0.1, -0.05) is 0 Å². The van der Waals surface area contributed by atoms with Gasteiger partial charge >= 0.3 is 0 Å². The Kier molecular flexibility index (Phi) is 2.26. The Hall–Kier alpha value is -1.36. The van der Waals surface area contributed by atoms with Crippen LogP contribution in [0, 0.1) is 0 Å². The van der Waals surface area contributed by atoms with Crippen molar-refractivity contribution in [1.29, 1.82) is 0 Å². The summed E-state index contributed by atoms with van der Waals surface area (Å²) in [6.07, 6.45) is 0.0711. The van der Waals surface area contributed by atoms with Crippen LogP contribution in [0.3, 0.4) is 0 Å². The fourth-order valence-electron chi connectivity index (χ4n) is 1.59. The Morgan fingerprint density at radius 2 is 2.07 bits per heavy atom. The first-order valence-electron chi connectivity index (χ1n) is 4.48. The van der Waals surface area contributed by atoms with Gasteiger partial charge in [0.05, 0.1) is 17.8 Å². The van der Waals surface area contributed by atoms with E-state index in [2.05, 4.69) is 0 Å². The lowest BCUT2D eigenvalue weighted by Gasteiger charge is -2.15. The Bertz CT molecular complexity index is 516. The molecule has 0 atom stereocenters. The summed E-state index contributed by atoms with van der Waals surface area (Å²) in [5.41, 5.74) is 0.280. The lowest BCUT2D eigenvalue weighted by Crippen LogP contribution is -2.21. The zero-order valence-corrected chi connectivity index (χ0v) is 9.00. The van der Waals surface area contributed by atoms with Crippen molar-refractivity contribution < 1.29 is 17.9 Å². The van der Waals surface area contributed by atoms with Crippen molar-refractivity contribution in [3.05, 3.63) is 23.8 Å². The third-order valence-corrected chi connectivity index (χ3v) is 4.17. The summed E-state index contributed by atoms with van der Waals surface area (Å²) in [5, 5.41) is 0. The van der Waals surface area contributed by atoms with Gasteiger partial charge in [0.25, 0.3) is 0 Å². The fraction of sp³-hybridized carbons (Fsp3) is 0.300. The van der Waals surface area contributed by atoms with Crippen LogP contribution in [-0.4, -0.2) is 27.1 Å². The number of carbonyl (C=O) groups is 1. The zero-order valence-electron chi connectivity index (χ0n) is 8.19. The second-order valence-corrected chi connectivity index (χ2v) is 5.43. The van der Waals surface area contributed by atoms with E-state index in [4.69, 9.17) is 4.74 Å². The lowest BCUT2D eigenvalue weighted by molar-refractivity contribution is 0.0983. The van der Waals surface area contributed by atoms with Crippen LogP contribution in [0.1, 0.15) is 16.8 Å². The largest absolute Gasteiger partial charge is 0.497 e. The summed E-state index contributed by atoms with van der Waals surface area (Å²) in [4.78, 5) is 11.6. The van der Waals surface area contributed by atoms with Crippen molar-refractivity contribution in [3.8, 4) is 5.75 Å². The van der Waals surface area contributed by atoms with Crippen molar-refractivity contribution in [2.45, 2.75) is 11.3 Å². The molecule has 0 spiro atoms. The summed E-state index contributed by atoms with van der Waals surface area (Å²) < 4.78 is 28.3. The molecule has 0 saturated heterocycles. The molecule has 1 heterocycles. The van der Waals surface area contributed by atoms with Gasteiger partial charge in [-0.2, -0.15) is 0 Å². The van der Waals surface area contributed by atoms with E-state index in [1.807, 2.05) is 0 Å². The molecule has 0 bridgehead atoms. The minimum Gasteiger partial charge on any atom is -0.497 e. The molecule has 0 saturated carbocycles. The standard InChI is InChI=1S/C10H10O4S/c1-14-7-2-3-8-9(11)4-5-15(12,13)10(8)6-7/h2-3,6H,4-5H2,1H3. The average molecular weight is 226 g/mol. The first-order valence-corrected chi connectivity index (χ1v) is 6.14. The molecule has 80 valence electrons. The molecule has 0 aromatic heterocycles. The maximum absolute atomic E-state index is 11.7. The van der Waals surface area contributed by atoms with E-state index in [0.717, 1.165) is 0 Å². The van der Waals surface area contributed by atoms with Crippen LogP contribution in [0.4, 0.5) is 0 Å². The Labute approximate surface area is 87.8 Å². The summed E-state index contributed by atoms with van der Waals surface area (Å²) >= 11 is 0. The van der Waals surface area contributed by atoms with Gasteiger partial charge in [0, 0.05) is 12.0 Å². The molecule has 4 nitrogen and oxygen atoms in total. The lowest BCUT2D eigenvalue weighted by atomic mass is 10.1. The van der Waals surface area contributed by atoms with Gasteiger partial charge < -0.3 is 4.74 Å². The minimum absolute atomic E-state index is 0.0711. The van der Waals surface area contributed by atoms with Crippen molar-refractivity contribution in [1.82, 2.24) is 0 Å². The number of hydrogen-bond donors (Lipinski definition) is 0. The van der Waals surface area contributed by atoms with Crippen LogP contribution < -0.4 is 4.74 Å². The summed E-state index contributed by atoms with van der Waals surface area (Å²) in [5.74, 6) is 0.223. The molecule has 0 fully saturated rings. The van der Waals surface area contributed by atoms with Gasteiger partial charge in [0.15, 0.2) is 15.6 Å². The van der Waals surface area contributed by atoms with Crippen molar-refractivity contribution in [3.63, 3.8) is 0 Å². The number of carbonyl (C=O) groups excluding carboxylic acids is 1. The van der Waals surface area contributed by atoms with Crippen LogP contribution in [0.5, 0.6) is 5.75 Å². The molecule has 1 aliphatic rings. The Morgan fingerprint density at radius 3 is 2.73 bits per heavy atom. The van der Waals surface area contributed by atoms with Crippen LogP contribution in [-0.2, 0) is 9.84 Å². The highest BCUT2D eigenvalue weighted by Gasteiger charge is 2.29. The Morgan fingerprint density at radius 1 is 1.33 bits per heavy atom. The maximum atomic E-state index is 11.7. The van der Waals surface area contributed by atoms with Gasteiger partial charge in [-0.05, 0) is 18.2 Å². The maximum Gasteiger partial charge on any atom is 0.179 e. The summed E-state index contributed by atoms with van der Waals surface area (Å²) in [7, 11) is -1.85. The molecule has 15 heavy (non-hydrogen) atoms. The van der Waals surface area contributed by atoms with E-state index in [-0.39, 0.29) is 28.4 Å². The van der Waals surface area contributed by atoms with Gasteiger partial charge in [0.1, 0.15) is 5.75 Å². The normalized spacial score (nSPS) is 18.3. The highest BCUT2D eigenvalue weighted by molar-refractivity contribution is 7.91. The quantitative estimate of drug-likeness (QED) is 0.718. The van der Waals surface area contributed by atoms with Gasteiger partial charge in [0.2, 0.25) is 0 Å². The first kappa shape index (κ1) is 10.2. The highest BCUT2D eigenvalue weighted by atomic mass is 32.2. The second-order valence-electron chi connectivity index (χ2n) is 3.35. The number of fused-ring (bicyclic) bond motifs is 1. The van der Waals surface area contributed by atoms with Gasteiger partial charge in [-0.15, -0.1) is 0 Å². The smallest absolute Gasteiger partial charge is 0.179 e. The third kappa shape index (κ3) is 1.63. The summed E-state index contributed by atoms with van der Waals surface area (Å²) in [6.45, 7) is 0. The predicted octanol–water partition coefficient (Wildman–Crippen LogP) is 1.06. The van der Waals surface area contributed by atoms with Crippen molar-refractivity contribution >= 4 is 15.6 Å². The number of methoxy groups -OCH3 is 1. The number of benzene rings is 1. The van der Waals surface area contributed by atoms with E-state index in [0.29, 0.717) is 5.75 Å². The zero-order chi connectivity index (χ0) is 11.1. The highest BCUT2D eigenvalue weighted by Crippen LogP contribution is 2.28. The Balaban J connectivity index is 2.69. The molecule has 0 unspecified atom stereocenters. The predicted molar refractivity (Wildman–Crippen MR) is 54.0 cm³/mol. The topological polar surface area (TPSA) is 60.4 Å². The molecule has 1 aliphatic heterocycles. The minimum atomic E-state index is -3.31. The van der Waals surface area contributed by atoms with Crippen LogP contribution in [0.25, 0.3) is 0 Å². The van der Waals surface area contributed by atoms with Gasteiger partial charge in [-0.25, -0.2) is 8.42 Å². The number of rotatable bonds is 1. The molecule has 0 radical (unpaired) electrons. The van der Waals surface area contributed by atoms with Crippen molar-refractivity contribution in [2.75, 3.05) is 12.9 Å². The SMILES string of the molecule is COc1ccc2c(c1)S(=O)(=O)CCC2=O. The van der Waals surface area contributed by atoms with E-state index < -0.39 is 9.84 Å². The molecule has 0 N–H and O–H groups in total. The first-order chi connectivity index (χ1) is 7.04.